The molecule has 60 heavy (non-hydrogen) atoms. The van der Waals surface area contributed by atoms with E-state index in [0.717, 1.165) is 38.5 Å². The zero-order valence-corrected chi connectivity index (χ0v) is 35.6. The van der Waals surface area contributed by atoms with E-state index in [9.17, 15) is 27.6 Å². The van der Waals surface area contributed by atoms with E-state index in [2.05, 4.69) is 25.3 Å². The summed E-state index contributed by atoms with van der Waals surface area (Å²) in [6.45, 7) is 1.58. The van der Waals surface area contributed by atoms with Gasteiger partial charge in [0.25, 0.3) is 15.9 Å². The number of anilines is 1. The molecule has 2 aromatic rings. The number of carboxylic acids is 2. The van der Waals surface area contributed by atoms with Crippen molar-refractivity contribution in [3.05, 3.63) is 42.2 Å². The van der Waals surface area contributed by atoms with Gasteiger partial charge in [-0.2, -0.15) is 0 Å². The van der Waals surface area contributed by atoms with Gasteiger partial charge in [-0.25, -0.2) is 27.9 Å². The normalized spacial score (nSPS) is 11.3. The molecule has 2 rings (SSSR count). The van der Waals surface area contributed by atoms with Crippen molar-refractivity contribution in [3.63, 3.8) is 0 Å². The van der Waals surface area contributed by atoms with E-state index in [1.54, 1.807) is 12.1 Å². The van der Waals surface area contributed by atoms with Crippen LogP contribution >= 0.6 is 0 Å². The number of aliphatic carboxylic acids is 2. The summed E-state index contributed by atoms with van der Waals surface area (Å²) >= 11 is 0. The molecule has 0 radical (unpaired) electrons. The maximum Gasteiger partial charge on any atom is 0.329 e. The lowest BCUT2D eigenvalue weighted by atomic mass is 10.0. The molecule has 1 heterocycles. The molecule has 0 fully saturated rings. The van der Waals surface area contributed by atoms with Crippen LogP contribution in [0.5, 0.6) is 5.75 Å². The molecule has 18 nitrogen and oxygen atoms in total. The Morgan fingerprint density at radius 1 is 0.550 bits per heavy atom. The molecule has 1 aromatic carbocycles. The molecule has 0 aliphatic carbocycles. The lowest BCUT2D eigenvalue weighted by Gasteiger charge is -2.10. The van der Waals surface area contributed by atoms with E-state index >= 15 is 0 Å². The molecule has 5 N–H and O–H groups in total. The number of nitrogens with one attached hydrogen (secondary N) is 3. The second-order valence-corrected chi connectivity index (χ2v) is 15.7. The van der Waals surface area contributed by atoms with Gasteiger partial charge in [0, 0.05) is 31.9 Å². The smallest absolute Gasteiger partial charge is 0.329 e. The van der Waals surface area contributed by atoms with Crippen molar-refractivity contribution in [1.82, 2.24) is 20.6 Å². The molecule has 19 heteroatoms. The number of sulfonamides is 1. The predicted octanol–water partition coefficient (Wildman–Crippen LogP) is 4.98. The van der Waals surface area contributed by atoms with Crippen LogP contribution in [0.3, 0.4) is 0 Å². The molecule has 338 valence electrons. The minimum Gasteiger partial charge on any atom is -0.494 e. The third kappa shape index (κ3) is 27.4. The van der Waals surface area contributed by atoms with Gasteiger partial charge in [-0.15, -0.1) is 0 Å². The topological polar surface area (TPSA) is 251 Å². The molecule has 1 aromatic heterocycles. The molecular weight excluding hydrogens is 803 g/mol. The zero-order valence-electron chi connectivity index (χ0n) is 34.7. The molecule has 0 aliphatic rings. The fourth-order valence-corrected chi connectivity index (χ4v) is 6.63. The fraction of sp³-hybridized carbons (Fsp3) is 0.659. The third-order valence-electron chi connectivity index (χ3n) is 8.88. The van der Waals surface area contributed by atoms with Crippen LogP contribution in [-0.2, 0) is 43.4 Å². The predicted molar refractivity (Wildman–Crippen MR) is 223 cm³/mol. The minimum absolute atomic E-state index is 0.0139. The van der Waals surface area contributed by atoms with Gasteiger partial charge in [-0.3, -0.25) is 14.4 Å². The van der Waals surface area contributed by atoms with Crippen molar-refractivity contribution >= 4 is 39.7 Å². The maximum absolute atomic E-state index is 12.9. The average Bonchev–Trinajstić information content (AvgIpc) is 3.22. The van der Waals surface area contributed by atoms with Gasteiger partial charge < -0.3 is 44.5 Å². The maximum atomic E-state index is 12.9. The van der Waals surface area contributed by atoms with E-state index in [1.807, 2.05) is 0 Å². The van der Waals surface area contributed by atoms with Crippen LogP contribution in [0, 0.1) is 0 Å². The van der Waals surface area contributed by atoms with E-state index in [-0.39, 0.29) is 88.1 Å². The zero-order chi connectivity index (χ0) is 43.5. The Hall–Kier alpha value is -4.43. The first-order chi connectivity index (χ1) is 29.1. The summed E-state index contributed by atoms with van der Waals surface area (Å²) in [5, 5.41) is 22.4. The van der Waals surface area contributed by atoms with Gasteiger partial charge in [-0.05, 0) is 37.1 Å². The summed E-state index contributed by atoms with van der Waals surface area (Å²) in [5.41, 5.74) is 0.129. The van der Waals surface area contributed by atoms with Crippen LogP contribution in [0.1, 0.15) is 113 Å². The van der Waals surface area contributed by atoms with Crippen molar-refractivity contribution in [2.75, 3.05) is 77.3 Å². The van der Waals surface area contributed by atoms with Crippen molar-refractivity contribution < 1.29 is 61.5 Å². The van der Waals surface area contributed by atoms with Crippen molar-refractivity contribution in [2.45, 2.75) is 108 Å². The van der Waals surface area contributed by atoms with Crippen LogP contribution in [-0.4, -0.2) is 125 Å². The van der Waals surface area contributed by atoms with E-state index in [4.69, 9.17) is 33.9 Å². The summed E-state index contributed by atoms with van der Waals surface area (Å²) < 4.78 is 54.6. The van der Waals surface area contributed by atoms with Crippen LogP contribution in [0.25, 0.3) is 0 Å². The van der Waals surface area contributed by atoms with E-state index < -0.39 is 34.5 Å². The summed E-state index contributed by atoms with van der Waals surface area (Å²) in [7, 11) is -3.98. The number of benzene rings is 1. The average molecular weight is 868 g/mol. The minimum atomic E-state index is -3.98. The number of carboxylic acid groups (broad SMARTS) is 2. The molecule has 0 saturated heterocycles. The van der Waals surface area contributed by atoms with Crippen molar-refractivity contribution in [3.8, 4) is 5.75 Å². The number of hydrogen-bond acceptors (Lipinski definition) is 13. The number of ether oxygens (including phenoxy) is 5. The Bertz CT molecular complexity index is 1580. The highest BCUT2D eigenvalue weighted by atomic mass is 32.2. The molecule has 0 saturated carbocycles. The third-order valence-corrected chi connectivity index (χ3v) is 10.2. The largest absolute Gasteiger partial charge is 0.494 e. The lowest BCUT2D eigenvalue weighted by molar-refractivity contribution is -0.143. The molecule has 0 aliphatic heterocycles. The molecule has 0 atom stereocenters. The Balaban J connectivity index is 1.47. The Kier molecular flexibility index (Phi) is 28.7. The summed E-state index contributed by atoms with van der Waals surface area (Å²) in [6, 6.07) is 6.11. The molecular formula is C41H65N5O13S. The number of hydrogen-bond donors (Lipinski definition) is 5. The van der Waals surface area contributed by atoms with Gasteiger partial charge in [0.05, 0.1) is 56.7 Å². The fourth-order valence-electron chi connectivity index (χ4n) is 5.68. The van der Waals surface area contributed by atoms with Gasteiger partial charge in [0.1, 0.15) is 19.0 Å². The summed E-state index contributed by atoms with van der Waals surface area (Å²) in [4.78, 5) is 53.0. The highest BCUT2D eigenvalue weighted by molar-refractivity contribution is 7.92. The van der Waals surface area contributed by atoms with Gasteiger partial charge in [-0.1, -0.05) is 83.5 Å². The van der Waals surface area contributed by atoms with Crippen LogP contribution in [0.2, 0.25) is 0 Å². The Morgan fingerprint density at radius 2 is 1.03 bits per heavy atom. The first kappa shape index (κ1) is 51.7. The number of amides is 2. The standard InChI is InChI=1S/C41H65N5O13S/c47-37(42-21-24-55-27-29-58-33-39(50)51)32-57-28-26-56-25-22-43-40(52)34-30-44-41(45-31-34)46-60(53,54)36-19-17-35(18-20-36)59-23-15-13-11-9-7-5-3-1-2-4-6-8-10-12-14-16-38(48)49/h17-20,30-31H,1-16,21-29,32-33H2,(H,42,47)(H,43,52)(H,48,49)(H,50,51)(H,44,45,46). The van der Waals surface area contributed by atoms with Crippen molar-refractivity contribution in [1.29, 1.82) is 0 Å². The second-order valence-electron chi connectivity index (χ2n) is 14.0. The van der Waals surface area contributed by atoms with Gasteiger partial charge in [0.15, 0.2) is 0 Å². The van der Waals surface area contributed by atoms with E-state index in [1.165, 1.54) is 82.3 Å². The molecule has 2 amide bonds. The molecule has 0 spiro atoms. The summed E-state index contributed by atoms with van der Waals surface area (Å²) in [6.07, 6.45) is 20.1. The number of aromatic nitrogens is 2. The highest BCUT2D eigenvalue weighted by Gasteiger charge is 2.17. The quantitative estimate of drug-likeness (QED) is 0.0556. The summed E-state index contributed by atoms with van der Waals surface area (Å²) in [5.74, 6) is -2.16. The number of nitrogens with zero attached hydrogens (tertiary/aromatic N) is 2. The molecule has 0 unspecified atom stereocenters. The number of carbonyl (C=O) groups is 4. The second kappa shape index (κ2) is 33.3. The molecule has 0 bridgehead atoms. The number of carbonyl (C=O) groups excluding carboxylic acids is 2. The van der Waals surface area contributed by atoms with Gasteiger partial charge >= 0.3 is 11.9 Å². The van der Waals surface area contributed by atoms with Crippen LogP contribution < -0.4 is 20.1 Å². The monoisotopic (exact) mass is 867 g/mol. The SMILES string of the molecule is O=C(O)CCCCCCCCCCCCCCCCCOc1ccc(S(=O)(=O)Nc2ncc(C(=O)NCCOCCOCC(=O)NCCOCCOCC(=O)O)cn2)cc1. The highest BCUT2D eigenvalue weighted by Crippen LogP contribution is 2.19. The first-order valence-corrected chi connectivity index (χ1v) is 22.4. The van der Waals surface area contributed by atoms with Gasteiger partial charge in [0.2, 0.25) is 11.9 Å². The Morgan fingerprint density at radius 3 is 1.57 bits per heavy atom. The first-order valence-electron chi connectivity index (χ1n) is 20.9. The van der Waals surface area contributed by atoms with Crippen LogP contribution in [0.4, 0.5) is 5.95 Å². The lowest BCUT2D eigenvalue weighted by Crippen LogP contribution is -2.31. The van der Waals surface area contributed by atoms with E-state index in [0.29, 0.717) is 12.4 Å². The number of unbranched alkanes of at least 4 members (excludes halogenated alkanes) is 14. The van der Waals surface area contributed by atoms with Crippen LogP contribution in [0.15, 0.2) is 41.6 Å². The number of rotatable bonds is 39. The van der Waals surface area contributed by atoms with Crippen molar-refractivity contribution in [2.24, 2.45) is 0 Å². The Labute approximate surface area is 353 Å².